The van der Waals surface area contributed by atoms with Gasteiger partial charge in [-0.1, -0.05) is 0 Å². The minimum atomic E-state index is -0.0365. The smallest absolute Gasteiger partial charge is 0.317 e. The molecule has 5 heteroatoms. The van der Waals surface area contributed by atoms with E-state index in [-0.39, 0.29) is 12.1 Å². The maximum absolute atomic E-state index is 11.5. The molecule has 80 valence electrons. The minimum absolute atomic E-state index is 0.0365. The van der Waals surface area contributed by atoms with Gasteiger partial charge in [0.2, 0.25) is 6.41 Å². The van der Waals surface area contributed by atoms with E-state index in [1.54, 1.807) is 9.80 Å². The third kappa shape index (κ3) is 2.90. The maximum Gasteiger partial charge on any atom is 0.317 e. The van der Waals surface area contributed by atoms with Crippen LogP contribution in [0.5, 0.6) is 0 Å². The van der Waals surface area contributed by atoms with Crippen molar-refractivity contribution >= 4 is 12.4 Å². The van der Waals surface area contributed by atoms with Crippen LogP contribution < -0.4 is 5.32 Å². The summed E-state index contributed by atoms with van der Waals surface area (Å²) in [4.78, 5) is 25.3. The van der Waals surface area contributed by atoms with Gasteiger partial charge in [0.15, 0.2) is 0 Å². The summed E-state index contributed by atoms with van der Waals surface area (Å²) in [6.45, 7) is 6.37. The highest BCUT2D eigenvalue weighted by Gasteiger charge is 2.19. The number of amides is 3. The Hall–Kier alpha value is -1.26. The van der Waals surface area contributed by atoms with Crippen molar-refractivity contribution in [2.75, 3.05) is 26.2 Å². The standard InChI is InChI=1S/C9H17N3O2/c1-8(2)10-9(14)12-5-3-11(7-13)4-6-12/h7-8H,3-6H2,1-2H3,(H,10,14). The van der Waals surface area contributed by atoms with Gasteiger partial charge in [-0.05, 0) is 13.8 Å². The van der Waals surface area contributed by atoms with Gasteiger partial charge < -0.3 is 15.1 Å². The minimum Gasteiger partial charge on any atom is -0.342 e. The molecule has 14 heavy (non-hydrogen) atoms. The van der Waals surface area contributed by atoms with Crippen LogP contribution in [0.25, 0.3) is 0 Å². The van der Waals surface area contributed by atoms with E-state index in [1.165, 1.54) is 0 Å². The molecule has 0 aromatic carbocycles. The number of hydrogen-bond acceptors (Lipinski definition) is 2. The predicted molar refractivity (Wildman–Crippen MR) is 52.9 cm³/mol. The van der Waals surface area contributed by atoms with Crippen LogP contribution in [0.4, 0.5) is 4.79 Å². The summed E-state index contributed by atoms with van der Waals surface area (Å²) < 4.78 is 0. The normalized spacial score (nSPS) is 17.1. The van der Waals surface area contributed by atoms with Crippen molar-refractivity contribution < 1.29 is 9.59 Å². The van der Waals surface area contributed by atoms with Gasteiger partial charge in [-0.2, -0.15) is 0 Å². The number of nitrogens with one attached hydrogen (secondary N) is 1. The lowest BCUT2D eigenvalue weighted by Crippen LogP contribution is -2.52. The second-order valence-corrected chi connectivity index (χ2v) is 3.73. The van der Waals surface area contributed by atoms with E-state index >= 15 is 0 Å². The fourth-order valence-electron chi connectivity index (χ4n) is 1.37. The van der Waals surface area contributed by atoms with Gasteiger partial charge in [-0.15, -0.1) is 0 Å². The SMILES string of the molecule is CC(C)NC(=O)N1CCN(C=O)CC1. The second kappa shape index (κ2) is 4.83. The zero-order chi connectivity index (χ0) is 10.6. The Labute approximate surface area is 84.0 Å². The van der Waals surface area contributed by atoms with E-state index in [0.717, 1.165) is 6.41 Å². The predicted octanol–water partition coefficient (Wildman–Crippen LogP) is -0.122. The van der Waals surface area contributed by atoms with Crippen molar-refractivity contribution in [1.82, 2.24) is 15.1 Å². The second-order valence-electron chi connectivity index (χ2n) is 3.73. The van der Waals surface area contributed by atoms with Crippen LogP contribution >= 0.6 is 0 Å². The molecule has 1 saturated heterocycles. The fourth-order valence-corrected chi connectivity index (χ4v) is 1.37. The fraction of sp³-hybridized carbons (Fsp3) is 0.778. The summed E-state index contributed by atoms with van der Waals surface area (Å²) in [5.41, 5.74) is 0. The molecule has 0 bridgehead atoms. The van der Waals surface area contributed by atoms with Crippen LogP contribution in [-0.2, 0) is 4.79 Å². The Morgan fingerprint density at radius 2 is 1.86 bits per heavy atom. The summed E-state index contributed by atoms with van der Waals surface area (Å²) in [6, 6.07) is 0.122. The van der Waals surface area contributed by atoms with Gasteiger partial charge >= 0.3 is 6.03 Å². The van der Waals surface area contributed by atoms with Crippen molar-refractivity contribution in [1.29, 1.82) is 0 Å². The molecule has 1 N–H and O–H groups in total. The van der Waals surface area contributed by atoms with Crippen LogP contribution in [0.1, 0.15) is 13.8 Å². The highest BCUT2D eigenvalue weighted by atomic mass is 16.2. The average Bonchev–Trinajstić information content (AvgIpc) is 2.17. The third-order valence-electron chi connectivity index (χ3n) is 2.16. The molecule has 1 aliphatic heterocycles. The number of carbonyl (C=O) groups excluding carboxylic acids is 2. The van der Waals surface area contributed by atoms with Crippen LogP contribution in [0.15, 0.2) is 0 Å². The molecule has 0 aromatic heterocycles. The van der Waals surface area contributed by atoms with E-state index in [4.69, 9.17) is 0 Å². The third-order valence-corrected chi connectivity index (χ3v) is 2.16. The first-order chi connectivity index (χ1) is 6.63. The van der Waals surface area contributed by atoms with Gasteiger partial charge in [-0.3, -0.25) is 4.79 Å². The molecular weight excluding hydrogens is 182 g/mol. The maximum atomic E-state index is 11.5. The molecular formula is C9H17N3O2. The van der Waals surface area contributed by atoms with E-state index in [1.807, 2.05) is 13.8 Å². The van der Waals surface area contributed by atoms with Gasteiger partial charge in [-0.25, -0.2) is 4.79 Å². The zero-order valence-electron chi connectivity index (χ0n) is 8.69. The van der Waals surface area contributed by atoms with Crippen LogP contribution in [-0.4, -0.2) is 54.5 Å². The number of rotatable bonds is 2. The van der Waals surface area contributed by atoms with Crippen molar-refractivity contribution in [2.24, 2.45) is 0 Å². The largest absolute Gasteiger partial charge is 0.342 e. The Balaban J connectivity index is 2.34. The molecule has 0 atom stereocenters. The van der Waals surface area contributed by atoms with Crippen LogP contribution in [0, 0.1) is 0 Å². The van der Waals surface area contributed by atoms with Gasteiger partial charge in [0.05, 0.1) is 0 Å². The van der Waals surface area contributed by atoms with E-state index in [2.05, 4.69) is 5.32 Å². The van der Waals surface area contributed by atoms with Crippen LogP contribution in [0.3, 0.4) is 0 Å². The Kier molecular flexibility index (Phi) is 3.73. The number of nitrogens with zero attached hydrogens (tertiary/aromatic N) is 2. The highest BCUT2D eigenvalue weighted by Crippen LogP contribution is 1.99. The Morgan fingerprint density at radius 3 is 2.29 bits per heavy atom. The molecule has 0 spiro atoms. The van der Waals surface area contributed by atoms with E-state index in [9.17, 15) is 9.59 Å². The topological polar surface area (TPSA) is 52.7 Å². The molecule has 0 saturated carbocycles. The zero-order valence-corrected chi connectivity index (χ0v) is 8.69. The lowest BCUT2D eigenvalue weighted by atomic mass is 10.3. The summed E-state index contributed by atoms with van der Waals surface area (Å²) in [6.07, 6.45) is 0.831. The average molecular weight is 199 g/mol. The summed E-state index contributed by atoms with van der Waals surface area (Å²) in [5, 5.41) is 2.83. The molecule has 1 rings (SSSR count). The molecule has 0 radical (unpaired) electrons. The lowest BCUT2D eigenvalue weighted by molar-refractivity contribution is -0.119. The number of hydrogen-bond donors (Lipinski definition) is 1. The van der Waals surface area contributed by atoms with Crippen LogP contribution in [0.2, 0.25) is 0 Å². The number of piperazine rings is 1. The summed E-state index contributed by atoms with van der Waals surface area (Å²) >= 11 is 0. The molecule has 0 aromatic rings. The first-order valence-corrected chi connectivity index (χ1v) is 4.88. The first kappa shape index (κ1) is 10.8. The van der Waals surface area contributed by atoms with E-state index in [0.29, 0.717) is 26.2 Å². The molecule has 0 unspecified atom stereocenters. The van der Waals surface area contributed by atoms with Gasteiger partial charge in [0.1, 0.15) is 0 Å². The number of carbonyl (C=O) groups is 2. The highest BCUT2D eigenvalue weighted by molar-refractivity contribution is 5.74. The molecule has 1 heterocycles. The quantitative estimate of drug-likeness (QED) is 0.630. The molecule has 1 aliphatic rings. The Morgan fingerprint density at radius 1 is 1.29 bits per heavy atom. The lowest BCUT2D eigenvalue weighted by Gasteiger charge is -2.32. The van der Waals surface area contributed by atoms with Crippen molar-refractivity contribution in [2.45, 2.75) is 19.9 Å². The van der Waals surface area contributed by atoms with Crippen molar-refractivity contribution in [3.63, 3.8) is 0 Å². The van der Waals surface area contributed by atoms with Crippen molar-refractivity contribution in [3.8, 4) is 0 Å². The molecule has 3 amide bonds. The van der Waals surface area contributed by atoms with Crippen molar-refractivity contribution in [3.05, 3.63) is 0 Å². The summed E-state index contributed by atoms with van der Waals surface area (Å²) in [7, 11) is 0. The first-order valence-electron chi connectivity index (χ1n) is 4.88. The molecule has 0 aliphatic carbocycles. The Bertz CT molecular complexity index is 210. The van der Waals surface area contributed by atoms with Gasteiger partial charge in [0, 0.05) is 32.2 Å². The molecule has 5 nitrogen and oxygen atoms in total. The monoisotopic (exact) mass is 199 g/mol. The number of urea groups is 1. The van der Waals surface area contributed by atoms with Gasteiger partial charge in [0.25, 0.3) is 0 Å². The van der Waals surface area contributed by atoms with E-state index < -0.39 is 0 Å². The summed E-state index contributed by atoms with van der Waals surface area (Å²) in [5.74, 6) is 0. The molecule has 1 fully saturated rings.